The first-order chi connectivity index (χ1) is 9.81. The Hall–Kier alpha value is -2.57. The third kappa shape index (κ3) is 5.13. The van der Waals surface area contributed by atoms with E-state index in [0.717, 1.165) is 0 Å². The van der Waals surface area contributed by atoms with Gasteiger partial charge in [0, 0.05) is 23.8 Å². The van der Waals surface area contributed by atoms with Crippen LogP contribution in [0.3, 0.4) is 0 Å². The van der Waals surface area contributed by atoms with Gasteiger partial charge >= 0.3 is 12.0 Å². The molecular formula is C14H19N3O4. The van der Waals surface area contributed by atoms with Gasteiger partial charge in [-0.2, -0.15) is 0 Å². The fraction of sp³-hybridized carbons (Fsp3) is 0.357. The molecule has 0 aromatic heterocycles. The zero-order chi connectivity index (χ0) is 16.0. The third-order valence-electron chi connectivity index (χ3n) is 2.87. The molecule has 0 unspecified atom stereocenters. The van der Waals surface area contributed by atoms with E-state index in [9.17, 15) is 14.4 Å². The van der Waals surface area contributed by atoms with E-state index in [0.29, 0.717) is 11.3 Å². The first kappa shape index (κ1) is 16.5. The van der Waals surface area contributed by atoms with Crippen LogP contribution in [0.1, 0.15) is 30.6 Å². The Balaban J connectivity index is 2.72. The van der Waals surface area contributed by atoms with E-state index in [1.54, 1.807) is 26.0 Å². The number of urea groups is 1. The minimum atomic E-state index is -0.959. The quantitative estimate of drug-likeness (QED) is 0.737. The number of nitrogens with one attached hydrogen (secondary N) is 1. The second-order valence-electron chi connectivity index (χ2n) is 4.80. The number of carbonyl (C=O) groups is 3. The van der Waals surface area contributed by atoms with Crippen LogP contribution in [0.15, 0.2) is 24.3 Å². The molecule has 3 amide bonds. The predicted octanol–water partition coefficient (Wildman–Crippen LogP) is 1.50. The number of primary amides is 1. The average Bonchev–Trinajstić information content (AvgIpc) is 2.38. The summed E-state index contributed by atoms with van der Waals surface area (Å²) in [6.07, 6.45) is -0.119. The molecular weight excluding hydrogens is 274 g/mol. The molecule has 0 aliphatic carbocycles. The van der Waals surface area contributed by atoms with Crippen LogP contribution in [0.4, 0.5) is 10.5 Å². The molecule has 1 aromatic carbocycles. The van der Waals surface area contributed by atoms with Gasteiger partial charge in [-0.1, -0.05) is 0 Å². The summed E-state index contributed by atoms with van der Waals surface area (Å²) in [7, 11) is 0. The Labute approximate surface area is 122 Å². The van der Waals surface area contributed by atoms with Gasteiger partial charge in [0.25, 0.3) is 0 Å². The van der Waals surface area contributed by atoms with Crippen LogP contribution in [0.25, 0.3) is 0 Å². The lowest BCUT2D eigenvalue weighted by Gasteiger charge is -2.26. The van der Waals surface area contributed by atoms with Crippen LogP contribution in [-0.2, 0) is 4.79 Å². The monoisotopic (exact) mass is 293 g/mol. The molecule has 0 atom stereocenters. The summed E-state index contributed by atoms with van der Waals surface area (Å²) in [6, 6.07) is 5.62. The first-order valence-corrected chi connectivity index (χ1v) is 6.50. The summed E-state index contributed by atoms with van der Waals surface area (Å²) in [5, 5.41) is 11.4. The Morgan fingerprint density at radius 3 is 2.24 bits per heavy atom. The van der Waals surface area contributed by atoms with Gasteiger partial charge in [0.05, 0.1) is 6.42 Å². The van der Waals surface area contributed by atoms with Gasteiger partial charge in [-0.15, -0.1) is 0 Å². The van der Waals surface area contributed by atoms with Crippen molar-refractivity contribution < 1.29 is 19.5 Å². The van der Waals surface area contributed by atoms with Crippen LogP contribution in [0.2, 0.25) is 0 Å². The molecule has 4 N–H and O–H groups in total. The van der Waals surface area contributed by atoms with Crippen molar-refractivity contribution in [2.45, 2.75) is 26.3 Å². The molecule has 0 radical (unpaired) electrons. The maximum absolute atomic E-state index is 12.1. The van der Waals surface area contributed by atoms with E-state index in [1.165, 1.54) is 17.0 Å². The van der Waals surface area contributed by atoms with Crippen molar-refractivity contribution in [3.05, 3.63) is 29.8 Å². The average molecular weight is 293 g/mol. The van der Waals surface area contributed by atoms with E-state index in [2.05, 4.69) is 5.32 Å². The van der Waals surface area contributed by atoms with Gasteiger partial charge in [-0.05, 0) is 38.1 Å². The fourth-order valence-electron chi connectivity index (χ4n) is 1.72. The van der Waals surface area contributed by atoms with Crippen molar-refractivity contribution in [2.24, 2.45) is 5.73 Å². The van der Waals surface area contributed by atoms with E-state index >= 15 is 0 Å². The van der Waals surface area contributed by atoms with E-state index in [1.807, 2.05) is 0 Å². The highest BCUT2D eigenvalue weighted by Gasteiger charge is 2.18. The largest absolute Gasteiger partial charge is 0.481 e. The number of nitrogens with zero attached hydrogens (tertiary/aromatic N) is 1. The molecule has 21 heavy (non-hydrogen) atoms. The van der Waals surface area contributed by atoms with E-state index < -0.39 is 17.9 Å². The molecule has 114 valence electrons. The summed E-state index contributed by atoms with van der Waals surface area (Å²) in [5.74, 6) is -1.50. The van der Waals surface area contributed by atoms with Crippen molar-refractivity contribution in [3.63, 3.8) is 0 Å². The molecule has 0 spiro atoms. The van der Waals surface area contributed by atoms with Crippen LogP contribution >= 0.6 is 0 Å². The Morgan fingerprint density at radius 2 is 1.81 bits per heavy atom. The van der Waals surface area contributed by atoms with Gasteiger partial charge in [-0.3, -0.25) is 9.59 Å². The van der Waals surface area contributed by atoms with Gasteiger partial charge in [-0.25, -0.2) is 4.79 Å². The van der Waals surface area contributed by atoms with Crippen molar-refractivity contribution in [3.8, 4) is 0 Å². The lowest BCUT2D eigenvalue weighted by Crippen LogP contribution is -2.41. The normalized spacial score (nSPS) is 10.2. The summed E-state index contributed by atoms with van der Waals surface area (Å²) >= 11 is 0. The summed E-state index contributed by atoms with van der Waals surface area (Å²) < 4.78 is 0. The number of amides is 3. The third-order valence-corrected chi connectivity index (χ3v) is 2.87. The zero-order valence-corrected chi connectivity index (χ0v) is 12.0. The van der Waals surface area contributed by atoms with Gasteiger partial charge in [0.2, 0.25) is 5.91 Å². The van der Waals surface area contributed by atoms with Crippen LogP contribution in [0, 0.1) is 0 Å². The highest BCUT2D eigenvalue weighted by atomic mass is 16.4. The molecule has 0 heterocycles. The molecule has 0 saturated heterocycles. The number of nitrogens with two attached hydrogens (primary N) is 1. The number of anilines is 1. The maximum Gasteiger partial charge on any atom is 0.322 e. The zero-order valence-electron chi connectivity index (χ0n) is 12.0. The number of hydrogen-bond acceptors (Lipinski definition) is 3. The molecule has 0 fully saturated rings. The standard InChI is InChI=1S/C14H19N3O4/c1-9(2)17(8-7-12(18)19)14(21)16-11-5-3-10(4-6-11)13(15)20/h3-6,9H,7-8H2,1-2H3,(H2,15,20)(H,16,21)(H,18,19). The van der Waals surface area contributed by atoms with Crippen LogP contribution in [0.5, 0.6) is 0 Å². The second kappa shape index (κ2) is 7.28. The van der Waals surface area contributed by atoms with Crippen molar-refractivity contribution in [2.75, 3.05) is 11.9 Å². The minimum absolute atomic E-state index is 0.119. The minimum Gasteiger partial charge on any atom is -0.481 e. The van der Waals surface area contributed by atoms with E-state index in [4.69, 9.17) is 10.8 Å². The van der Waals surface area contributed by atoms with E-state index in [-0.39, 0.29) is 19.0 Å². The Kier molecular flexibility index (Phi) is 5.71. The SMILES string of the molecule is CC(C)N(CCC(=O)O)C(=O)Nc1ccc(C(N)=O)cc1. The lowest BCUT2D eigenvalue weighted by atomic mass is 10.2. The summed E-state index contributed by atoms with van der Waals surface area (Å²) in [5.41, 5.74) is 5.98. The molecule has 0 saturated carbocycles. The number of benzene rings is 1. The Bertz CT molecular complexity index is 526. The number of carboxylic acids is 1. The highest BCUT2D eigenvalue weighted by Crippen LogP contribution is 2.11. The second-order valence-corrected chi connectivity index (χ2v) is 4.80. The number of hydrogen-bond donors (Lipinski definition) is 3. The van der Waals surface area contributed by atoms with Crippen molar-refractivity contribution in [1.82, 2.24) is 4.90 Å². The van der Waals surface area contributed by atoms with Gasteiger partial charge < -0.3 is 21.1 Å². The smallest absolute Gasteiger partial charge is 0.322 e. The summed E-state index contributed by atoms with van der Waals surface area (Å²) in [4.78, 5) is 35.1. The lowest BCUT2D eigenvalue weighted by molar-refractivity contribution is -0.137. The highest BCUT2D eigenvalue weighted by molar-refractivity contribution is 5.94. The molecule has 1 aromatic rings. The van der Waals surface area contributed by atoms with Crippen molar-refractivity contribution in [1.29, 1.82) is 0 Å². The van der Waals surface area contributed by atoms with Gasteiger partial charge in [0.15, 0.2) is 0 Å². The molecule has 7 nitrogen and oxygen atoms in total. The maximum atomic E-state index is 12.1. The van der Waals surface area contributed by atoms with Gasteiger partial charge in [0.1, 0.15) is 0 Å². The van der Waals surface area contributed by atoms with Crippen molar-refractivity contribution >= 4 is 23.6 Å². The summed E-state index contributed by atoms with van der Waals surface area (Å²) in [6.45, 7) is 3.73. The van der Waals surface area contributed by atoms with Crippen LogP contribution in [-0.4, -0.2) is 40.5 Å². The molecule has 0 aliphatic heterocycles. The molecule has 7 heteroatoms. The number of carbonyl (C=O) groups excluding carboxylic acids is 2. The number of aliphatic carboxylic acids is 1. The topological polar surface area (TPSA) is 113 Å². The molecule has 0 bridgehead atoms. The fourth-order valence-corrected chi connectivity index (χ4v) is 1.72. The first-order valence-electron chi connectivity index (χ1n) is 6.50. The molecule has 1 rings (SSSR count). The van der Waals surface area contributed by atoms with Crippen LogP contribution < -0.4 is 11.1 Å². The predicted molar refractivity (Wildman–Crippen MR) is 78.1 cm³/mol. The number of rotatable bonds is 6. The number of carboxylic acid groups (broad SMARTS) is 1. The Morgan fingerprint density at radius 1 is 1.24 bits per heavy atom. The molecule has 0 aliphatic rings.